The highest BCUT2D eigenvalue weighted by molar-refractivity contribution is 5.95. The molecule has 0 saturated heterocycles. The van der Waals surface area contributed by atoms with Gasteiger partial charge in [0.2, 0.25) is 5.91 Å². The summed E-state index contributed by atoms with van der Waals surface area (Å²) < 4.78 is 22.3. The Hall–Kier alpha value is -5.18. The van der Waals surface area contributed by atoms with Crippen LogP contribution in [0.15, 0.2) is 91.0 Å². The van der Waals surface area contributed by atoms with E-state index in [0.29, 0.717) is 46.4 Å². The van der Waals surface area contributed by atoms with Crippen LogP contribution in [-0.2, 0) is 17.9 Å². The molecule has 0 heterocycles. The molecule has 5 N–H and O–H groups in total. The third-order valence-corrected chi connectivity index (χ3v) is 6.44. The number of carbonyl (C=O) groups excluding carboxylic acids is 1. The van der Waals surface area contributed by atoms with Crippen molar-refractivity contribution in [1.29, 1.82) is 5.41 Å². The lowest BCUT2D eigenvalue weighted by atomic mass is 10.0. The Labute approximate surface area is 239 Å². The average molecular weight is 555 g/mol. The molecule has 212 valence electrons. The van der Waals surface area contributed by atoms with Gasteiger partial charge in [0.25, 0.3) is 0 Å². The predicted molar refractivity (Wildman–Crippen MR) is 159 cm³/mol. The van der Waals surface area contributed by atoms with Crippen LogP contribution in [0.25, 0.3) is 0 Å². The monoisotopic (exact) mass is 554 g/mol. The lowest BCUT2D eigenvalue weighted by molar-refractivity contribution is -0.122. The van der Waals surface area contributed by atoms with Crippen molar-refractivity contribution in [3.63, 3.8) is 0 Å². The van der Waals surface area contributed by atoms with E-state index in [9.17, 15) is 4.79 Å². The Kier molecular flexibility index (Phi) is 9.66. The number of hydrogen-bond donors (Lipinski definition) is 4. The van der Waals surface area contributed by atoms with Gasteiger partial charge in [-0.25, -0.2) is 0 Å². The molecule has 4 rings (SSSR count). The number of ether oxygens (including phenoxy) is 4. The number of rotatable bonds is 13. The van der Waals surface area contributed by atoms with Crippen molar-refractivity contribution in [2.45, 2.75) is 19.2 Å². The Bertz CT molecular complexity index is 1480. The number of benzene rings is 4. The number of carbonyl (C=O) groups is 1. The van der Waals surface area contributed by atoms with Gasteiger partial charge < -0.3 is 35.3 Å². The Morgan fingerprint density at radius 3 is 2.10 bits per heavy atom. The fourth-order valence-corrected chi connectivity index (χ4v) is 4.21. The van der Waals surface area contributed by atoms with Gasteiger partial charge in [-0.3, -0.25) is 10.2 Å². The average Bonchev–Trinajstić information content (AvgIpc) is 3.01. The van der Waals surface area contributed by atoms with Crippen LogP contribution in [0.5, 0.6) is 23.0 Å². The summed E-state index contributed by atoms with van der Waals surface area (Å²) >= 11 is 0. The molecule has 4 aromatic rings. The number of nitrogens with two attached hydrogens (primary N) is 1. The van der Waals surface area contributed by atoms with E-state index in [1.807, 2.05) is 48.5 Å². The molecule has 41 heavy (non-hydrogen) atoms. The molecule has 0 aliphatic heterocycles. The molecule has 0 aliphatic rings. The van der Waals surface area contributed by atoms with Crippen molar-refractivity contribution in [3.8, 4) is 23.0 Å². The van der Waals surface area contributed by atoms with Gasteiger partial charge in [0.05, 0.1) is 21.3 Å². The van der Waals surface area contributed by atoms with E-state index in [0.717, 1.165) is 11.1 Å². The highest BCUT2D eigenvalue weighted by Crippen LogP contribution is 2.33. The summed E-state index contributed by atoms with van der Waals surface area (Å²) in [7, 11) is 4.71. The largest absolute Gasteiger partial charge is 0.493 e. The van der Waals surface area contributed by atoms with Crippen molar-refractivity contribution in [1.82, 2.24) is 5.32 Å². The number of amidine groups is 1. The zero-order chi connectivity index (χ0) is 29.2. The van der Waals surface area contributed by atoms with E-state index < -0.39 is 6.04 Å². The molecule has 9 heteroatoms. The first-order valence-corrected chi connectivity index (χ1v) is 13.0. The maximum Gasteiger partial charge on any atom is 0.247 e. The highest BCUT2D eigenvalue weighted by atomic mass is 16.5. The maximum absolute atomic E-state index is 13.6. The van der Waals surface area contributed by atoms with Crippen LogP contribution >= 0.6 is 0 Å². The van der Waals surface area contributed by atoms with Crippen LogP contribution in [0.4, 0.5) is 5.69 Å². The summed E-state index contributed by atoms with van der Waals surface area (Å²) in [5.41, 5.74) is 9.43. The van der Waals surface area contributed by atoms with Crippen LogP contribution in [0.1, 0.15) is 28.3 Å². The van der Waals surface area contributed by atoms with Crippen molar-refractivity contribution < 1.29 is 23.7 Å². The number of hydrogen-bond acceptors (Lipinski definition) is 7. The SMILES string of the molecule is COc1ccc(CNC(=O)[C@H](Nc2ccc(C(=N)N)cc2)c2ccc(OCc3ccccc3)c(OC)c2)cc1OC. The third kappa shape index (κ3) is 7.48. The summed E-state index contributed by atoms with van der Waals surface area (Å²) in [5.74, 6) is 1.97. The number of nitrogen functional groups attached to an aromatic ring is 1. The van der Waals surface area contributed by atoms with E-state index in [1.54, 1.807) is 63.8 Å². The number of anilines is 1. The number of nitrogens with one attached hydrogen (secondary N) is 3. The van der Waals surface area contributed by atoms with Crippen LogP contribution in [-0.4, -0.2) is 33.1 Å². The molecule has 0 radical (unpaired) electrons. The van der Waals surface area contributed by atoms with Gasteiger partial charge >= 0.3 is 0 Å². The van der Waals surface area contributed by atoms with Crippen LogP contribution in [0.2, 0.25) is 0 Å². The molecule has 0 aromatic heterocycles. The van der Waals surface area contributed by atoms with Crippen molar-refractivity contribution in [2.24, 2.45) is 5.73 Å². The van der Waals surface area contributed by atoms with Crippen LogP contribution < -0.4 is 35.3 Å². The van der Waals surface area contributed by atoms with E-state index in [4.69, 9.17) is 30.1 Å². The second-order valence-electron chi connectivity index (χ2n) is 9.16. The molecule has 4 aromatic carbocycles. The second kappa shape index (κ2) is 13.7. The van der Waals surface area contributed by atoms with Crippen molar-refractivity contribution in [3.05, 3.63) is 113 Å². The maximum atomic E-state index is 13.6. The van der Waals surface area contributed by atoms with Crippen molar-refractivity contribution >= 4 is 17.4 Å². The molecule has 0 bridgehead atoms. The summed E-state index contributed by atoms with van der Waals surface area (Å²) in [5, 5.41) is 14.0. The summed E-state index contributed by atoms with van der Waals surface area (Å²) in [6.07, 6.45) is 0. The normalized spacial score (nSPS) is 11.2. The minimum Gasteiger partial charge on any atom is -0.493 e. The molecular weight excluding hydrogens is 520 g/mol. The molecule has 9 nitrogen and oxygen atoms in total. The van der Waals surface area contributed by atoms with Crippen molar-refractivity contribution in [2.75, 3.05) is 26.6 Å². The minimum absolute atomic E-state index is 0.0309. The minimum atomic E-state index is -0.768. The van der Waals surface area contributed by atoms with Gasteiger partial charge in [-0.05, 0) is 65.2 Å². The molecule has 0 spiro atoms. The lowest BCUT2D eigenvalue weighted by Crippen LogP contribution is -2.33. The number of methoxy groups -OCH3 is 3. The summed E-state index contributed by atoms with van der Waals surface area (Å²) in [4.78, 5) is 13.6. The molecular formula is C32H34N4O5. The fourth-order valence-electron chi connectivity index (χ4n) is 4.21. The summed E-state index contributed by atoms with van der Waals surface area (Å²) in [6.45, 7) is 0.655. The van der Waals surface area contributed by atoms with Gasteiger partial charge in [-0.1, -0.05) is 42.5 Å². The van der Waals surface area contributed by atoms with Gasteiger partial charge in [0.15, 0.2) is 23.0 Å². The van der Waals surface area contributed by atoms with Gasteiger partial charge in [-0.2, -0.15) is 0 Å². The van der Waals surface area contributed by atoms with Gasteiger partial charge in [0.1, 0.15) is 18.5 Å². The highest BCUT2D eigenvalue weighted by Gasteiger charge is 2.23. The molecule has 0 unspecified atom stereocenters. The fraction of sp³-hybridized carbons (Fsp3) is 0.188. The smallest absolute Gasteiger partial charge is 0.247 e. The summed E-state index contributed by atoms with van der Waals surface area (Å²) in [6, 6.07) is 27.0. The second-order valence-corrected chi connectivity index (χ2v) is 9.16. The zero-order valence-electron chi connectivity index (χ0n) is 23.3. The molecule has 1 amide bonds. The molecule has 0 fully saturated rings. The van der Waals surface area contributed by atoms with E-state index >= 15 is 0 Å². The zero-order valence-corrected chi connectivity index (χ0v) is 23.3. The predicted octanol–water partition coefficient (Wildman–Crippen LogP) is 5.05. The first kappa shape index (κ1) is 28.8. The quantitative estimate of drug-likeness (QED) is 0.135. The third-order valence-electron chi connectivity index (χ3n) is 6.44. The standard InChI is InChI=1S/C32H34N4O5/c1-38-26-15-9-22(17-28(26)39-2)19-35-32(37)30(36-25-13-10-23(11-14-25)31(33)34)24-12-16-27(29(18-24)40-3)41-20-21-7-5-4-6-8-21/h4-18,30,36H,19-20H2,1-3H3,(H3,33,34)(H,35,37)/t30-/m1/s1. The van der Waals surface area contributed by atoms with Gasteiger partial charge in [0, 0.05) is 17.8 Å². The lowest BCUT2D eigenvalue weighted by Gasteiger charge is -2.22. The van der Waals surface area contributed by atoms with Crippen LogP contribution in [0.3, 0.4) is 0 Å². The van der Waals surface area contributed by atoms with Crippen LogP contribution in [0, 0.1) is 5.41 Å². The molecule has 1 atom stereocenters. The first-order chi connectivity index (χ1) is 19.9. The van der Waals surface area contributed by atoms with E-state index in [-0.39, 0.29) is 18.3 Å². The van der Waals surface area contributed by atoms with E-state index in [2.05, 4.69) is 10.6 Å². The Morgan fingerprint density at radius 1 is 0.780 bits per heavy atom. The Balaban J connectivity index is 1.57. The first-order valence-electron chi connectivity index (χ1n) is 13.0. The number of amides is 1. The van der Waals surface area contributed by atoms with E-state index in [1.165, 1.54) is 0 Å². The van der Waals surface area contributed by atoms with Gasteiger partial charge in [-0.15, -0.1) is 0 Å². The Morgan fingerprint density at radius 2 is 1.44 bits per heavy atom. The molecule has 0 aliphatic carbocycles. The molecule has 0 saturated carbocycles. The topological polar surface area (TPSA) is 128 Å².